The van der Waals surface area contributed by atoms with Crippen molar-refractivity contribution in [2.45, 2.75) is 13.5 Å². The molecule has 35 heavy (non-hydrogen) atoms. The number of rotatable bonds is 4. The van der Waals surface area contributed by atoms with E-state index in [2.05, 4.69) is 64.9 Å². The van der Waals surface area contributed by atoms with Crippen LogP contribution in [0.5, 0.6) is 0 Å². The molecular formula is C25H29N9O. The van der Waals surface area contributed by atoms with Gasteiger partial charge in [-0.25, -0.2) is 19.8 Å². The molecule has 0 spiro atoms. The van der Waals surface area contributed by atoms with E-state index in [4.69, 9.17) is 0 Å². The zero-order valence-corrected chi connectivity index (χ0v) is 20.0. The second-order valence-corrected chi connectivity index (χ2v) is 8.63. The number of nitrogens with zero attached hydrogens (tertiary/aromatic N) is 6. The summed E-state index contributed by atoms with van der Waals surface area (Å²) in [7, 11) is 2.14. The summed E-state index contributed by atoms with van der Waals surface area (Å²) < 4.78 is 0. The standard InChI is InChI=1S/C25H29N9O/c1-3-27-25(35)32-24-28-15-19-11-18(17-5-4-6-26-14-17)12-20(23(19)31-24)21-13-22(30-16-29-21)34-9-7-33(2)8-10-34/h4-6,11-14,16H,3,7-10,15H2,1-2H3,(H3,27,28,31,32,35). The number of pyridine rings is 1. The number of nitrogens with one attached hydrogen (secondary N) is 3. The zero-order valence-electron chi connectivity index (χ0n) is 20.0. The predicted octanol–water partition coefficient (Wildman–Crippen LogP) is 2.56. The molecule has 10 nitrogen and oxygen atoms in total. The lowest BCUT2D eigenvalue weighted by Gasteiger charge is -2.33. The minimum absolute atomic E-state index is 0.296. The third-order valence-electron chi connectivity index (χ3n) is 6.19. The SMILES string of the molecule is CCNC(=O)NC1=NCc2cc(-c3cccnc3)cc(-c3cc(N4CCN(C)CC4)ncn3)c2N1. The van der Waals surface area contributed by atoms with Gasteiger partial charge in [0, 0.05) is 62.3 Å². The summed E-state index contributed by atoms with van der Waals surface area (Å²) in [6, 6.07) is 9.92. The number of aliphatic imine (C=N–C) groups is 1. The number of aromatic nitrogens is 3. The molecule has 1 aromatic carbocycles. The average Bonchev–Trinajstić information content (AvgIpc) is 2.89. The maximum Gasteiger partial charge on any atom is 0.321 e. The molecule has 0 atom stereocenters. The van der Waals surface area contributed by atoms with Crippen LogP contribution < -0.4 is 20.9 Å². The van der Waals surface area contributed by atoms with E-state index in [0.717, 1.165) is 65.6 Å². The Morgan fingerprint density at radius 3 is 2.74 bits per heavy atom. The van der Waals surface area contributed by atoms with Crippen LogP contribution in [0.15, 0.2) is 54.0 Å². The van der Waals surface area contributed by atoms with Crippen molar-refractivity contribution in [3.05, 3.63) is 54.6 Å². The number of piperazine rings is 1. The minimum atomic E-state index is -0.296. The van der Waals surface area contributed by atoms with E-state index in [9.17, 15) is 4.79 Å². The Kier molecular flexibility index (Phi) is 6.53. The van der Waals surface area contributed by atoms with Crippen molar-refractivity contribution in [2.24, 2.45) is 4.99 Å². The number of likely N-dealkylation sites (N-methyl/N-ethyl adjacent to an activating group) is 1. The Morgan fingerprint density at radius 2 is 1.97 bits per heavy atom. The van der Waals surface area contributed by atoms with Crippen molar-refractivity contribution in [1.29, 1.82) is 0 Å². The third-order valence-corrected chi connectivity index (χ3v) is 6.19. The van der Waals surface area contributed by atoms with Gasteiger partial charge < -0.3 is 20.4 Å². The summed E-state index contributed by atoms with van der Waals surface area (Å²) in [4.78, 5) is 34.7. The first-order chi connectivity index (χ1) is 17.1. The van der Waals surface area contributed by atoms with Gasteiger partial charge in [-0.05, 0) is 43.3 Å². The van der Waals surface area contributed by atoms with Gasteiger partial charge in [-0.2, -0.15) is 0 Å². The fourth-order valence-electron chi connectivity index (χ4n) is 4.28. The van der Waals surface area contributed by atoms with Gasteiger partial charge in [0.15, 0.2) is 0 Å². The van der Waals surface area contributed by atoms with E-state index in [-0.39, 0.29) is 6.03 Å². The predicted molar refractivity (Wildman–Crippen MR) is 137 cm³/mol. The zero-order chi connectivity index (χ0) is 24.2. The Bertz CT molecular complexity index is 1240. The number of hydrogen-bond acceptors (Lipinski definition) is 8. The van der Waals surface area contributed by atoms with Gasteiger partial charge in [0.05, 0.1) is 17.9 Å². The molecule has 1 fully saturated rings. The van der Waals surface area contributed by atoms with Crippen molar-refractivity contribution in [3.63, 3.8) is 0 Å². The van der Waals surface area contributed by atoms with Crippen LogP contribution >= 0.6 is 0 Å². The van der Waals surface area contributed by atoms with Crippen molar-refractivity contribution in [1.82, 2.24) is 30.5 Å². The number of anilines is 2. The third kappa shape index (κ3) is 5.07. The summed E-state index contributed by atoms with van der Waals surface area (Å²) in [5.41, 5.74) is 5.67. The van der Waals surface area contributed by atoms with E-state index >= 15 is 0 Å². The Labute approximate surface area is 204 Å². The van der Waals surface area contributed by atoms with E-state index < -0.39 is 0 Å². The topological polar surface area (TPSA) is 111 Å². The first-order valence-electron chi connectivity index (χ1n) is 11.8. The molecule has 5 rings (SSSR count). The molecule has 0 radical (unpaired) electrons. The quantitative estimate of drug-likeness (QED) is 0.536. The fraction of sp³-hybridized carbons (Fsp3) is 0.320. The number of benzene rings is 1. The highest BCUT2D eigenvalue weighted by Gasteiger charge is 2.22. The average molecular weight is 472 g/mol. The van der Waals surface area contributed by atoms with E-state index in [0.29, 0.717) is 19.0 Å². The van der Waals surface area contributed by atoms with Crippen LogP contribution in [0.25, 0.3) is 22.4 Å². The molecule has 0 bridgehead atoms. The van der Waals surface area contributed by atoms with E-state index in [1.165, 1.54) is 0 Å². The van der Waals surface area contributed by atoms with Gasteiger partial charge in [-0.15, -0.1) is 0 Å². The fourth-order valence-corrected chi connectivity index (χ4v) is 4.28. The number of amides is 2. The molecule has 2 aliphatic heterocycles. The molecule has 2 aromatic heterocycles. The largest absolute Gasteiger partial charge is 0.354 e. The van der Waals surface area contributed by atoms with Crippen LogP contribution in [0, 0.1) is 0 Å². The normalized spacial score (nSPS) is 15.6. The molecule has 3 N–H and O–H groups in total. The maximum atomic E-state index is 12.1. The Hall–Kier alpha value is -4.05. The Morgan fingerprint density at radius 1 is 1.11 bits per heavy atom. The van der Waals surface area contributed by atoms with Gasteiger partial charge >= 0.3 is 6.03 Å². The summed E-state index contributed by atoms with van der Waals surface area (Å²) >= 11 is 0. The molecule has 2 aliphatic rings. The van der Waals surface area contributed by atoms with E-state index in [1.807, 2.05) is 31.3 Å². The van der Waals surface area contributed by atoms with E-state index in [1.54, 1.807) is 12.5 Å². The molecular weight excluding hydrogens is 442 g/mol. The van der Waals surface area contributed by atoms with Gasteiger partial charge in [-0.1, -0.05) is 6.07 Å². The van der Waals surface area contributed by atoms with Crippen molar-refractivity contribution >= 4 is 23.5 Å². The van der Waals surface area contributed by atoms with Gasteiger partial charge in [-0.3, -0.25) is 10.3 Å². The maximum absolute atomic E-state index is 12.1. The number of urea groups is 1. The molecule has 0 aliphatic carbocycles. The lowest BCUT2D eigenvalue weighted by atomic mass is 9.96. The number of carbonyl (C=O) groups is 1. The summed E-state index contributed by atoms with van der Waals surface area (Å²) in [5.74, 6) is 1.32. The number of hydrogen-bond donors (Lipinski definition) is 3. The first-order valence-corrected chi connectivity index (χ1v) is 11.8. The molecule has 3 aromatic rings. The van der Waals surface area contributed by atoms with Gasteiger partial charge in [0.25, 0.3) is 0 Å². The van der Waals surface area contributed by atoms with Crippen molar-refractivity contribution in [2.75, 3.05) is 50.0 Å². The Balaban J connectivity index is 1.54. The highest BCUT2D eigenvalue weighted by atomic mass is 16.2. The van der Waals surface area contributed by atoms with Crippen LogP contribution in [-0.2, 0) is 6.54 Å². The highest BCUT2D eigenvalue weighted by Crippen LogP contribution is 2.37. The molecule has 0 saturated carbocycles. The monoisotopic (exact) mass is 471 g/mol. The van der Waals surface area contributed by atoms with Crippen molar-refractivity contribution < 1.29 is 4.79 Å². The summed E-state index contributed by atoms with van der Waals surface area (Å²) in [6.07, 6.45) is 5.24. The summed E-state index contributed by atoms with van der Waals surface area (Å²) in [5, 5.41) is 8.84. The molecule has 2 amide bonds. The van der Waals surface area contributed by atoms with Crippen LogP contribution in [0.1, 0.15) is 12.5 Å². The summed E-state index contributed by atoms with van der Waals surface area (Å²) in [6.45, 7) is 6.68. The minimum Gasteiger partial charge on any atom is -0.354 e. The van der Waals surface area contributed by atoms with Gasteiger partial charge in [0.2, 0.25) is 5.96 Å². The lowest BCUT2D eigenvalue weighted by Crippen LogP contribution is -2.44. The molecule has 0 unspecified atom stereocenters. The molecule has 1 saturated heterocycles. The van der Waals surface area contributed by atoms with Crippen LogP contribution in [0.2, 0.25) is 0 Å². The second-order valence-electron chi connectivity index (χ2n) is 8.63. The second kappa shape index (κ2) is 10.1. The number of fused-ring (bicyclic) bond motifs is 1. The molecule has 4 heterocycles. The van der Waals surface area contributed by atoms with Crippen molar-refractivity contribution in [3.8, 4) is 22.4 Å². The number of carbonyl (C=O) groups excluding carboxylic acids is 1. The van der Waals surface area contributed by atoms with Crippen LogP contribution in [0.4, 0.5) is 16.3 Å². The number of guanidine groups is 1. The smallest absolute Gasteiger partial charge is 0.321 e. The molecule has 10 heteroatoms. The van der Waals surface area contributed by atoms with Crippen LogP contribution in [-0.4, -0.2) is 71.6 Å². The molecule has 180 valence electrons. The lowest BCUT2D eigenvalue weighted by molar-refractivity contribution is 0.246. The first kappa shape index (κ1) is 22.7. The van der Waals surface area contributed by atoms with Gasteiger partial charge in [0.1, 0.15) is 12.1 Å². The van der Waals surface area contributed by atoms with Crippen LogP contribution in [0.3, 0.4) is 0 Å². The highest BCUT2D eigenvalue weighted by molar-refractivity contribution is 6.07.